The van der Waals surface area contributed by atoms with Gasteiger partial charge in [0, 0.05) is 19.0 Å². The Morgan fingerprint density at radius 2 is 1.67 bits per heavy atom. The zero-order valence-corrected chi connectivity index (χ0v) is 19.6. The number of hydrogen-bond acceptors (Lipinski definition) is 4. The molecule has 0 spiro atoms. The molecule has 0 bridgehead atoms. The molecule has 1 atom stereocenters. The Balaban J connectivity index is 1.52. The lowest BCUT2D eigenvalue weighted by atomic mass is 9.76. The van der Waals surface area contributed by atoms with E-state index in [2.05, 4.69) is 45.9 Å². The number of carbonyl (C=O) groups is 1. The molecule has 2 heterocycles. The zero-order valence-electron chi connectivity index (χ0n) is 19.6. The van der Waals surface area contributed by atoms with Gasteiger partial charge in [-0.25, -0.2) is 4.79 Å². The highest BCUT2D eigenvalue weighted by Crippen LogP contribution is 2.45. The minimum absolute atomic E-state index is 0.202. The van der Waals surface area contributed by atoms with Crippen LogP contribution in [0.4, 0.5) is 4.79 Å². The minimum atomic E-state index is -0.459. The highest BCUT2D eigenvalue weighted by Gasteiger charge is 2.52. The van der Waals surface area contributed by atoms with Crippen LogP contribution in [-0.2, 0) is 14.0 Å². The monoisotopic (exact) mass is 413 g/mol. The van der Waals surface area contributed by atoms with E-state index in [0.717, 1.165) is 25.0 Å². The molecule has 6 heteroatoms. The van der Waals surface area contributed by atoms with Crippen molar-refractivity contribution in [2.75, 3.05) is 13.1 Å². The second-order valence-electron chi connectivity index (χ2n) is 11.2. The maximum atomic E-state index is 12.5. The molecule has 1 aromatic rings. The Kier molecular flexibility index (Phi) is 5.26. The topological polar surface area (TPSA) is 48.0 Å². The molecular weight excluding hydrogens is 377 g/mol. The third-order valence-corrected chi connectivity index (χ3v) is 6.93. The maximum absolute atomic E-state index is 12.5. The summed E-state index contributed by atoms with van der Waals surface area (Å²) in [6.45, 7) is 15.6. The maximum Gasteiger partial charge on any atom is 0.494 e. The van der Waals surface area contributed by atoms with Crippen molar-refractivity contribution in [1.29, 1.82) is 0 Å². The highest BCUT2D eigenvalue weighted by atomic mass is 16.7. The van der Waals surface area contributed by atoms with Gasteiger partial charge in [-0.3, -0.25) is 0 Å². The van der Waals surface area contributed by atoms with Gasteiger partial charge in [0.2, 0.25) is 0 Å². The van der Waals surface area contributed by atoms with Gasteiger partial charge in [0.25, 0.3) is 0 Å². The van der Waals surface area contributed by atoms with E-state index in [1.165, 1.54) is 24.0 Å². The van der Waals surface area contributed by atoms with Crippen molar-refractivity contribution >= 4 is 18.7 Å². The Labute approximate surface area is 181 Å². The molecule has 1 unspecified atom stereocenters. The number of likely N-dealkylation sites (tertiary alicyclic amines) is 1. The van der Waals surface area contributed by atoms with Crippen LogP contribution in [0.15, 0.2) is 18.2 Å². The van der Waals surface area contributed by atoms with Crippen LogP contribution < -0.4 is 5.46 Å². The molecular formula is C24H36BNO4. The quantitative estimate of drug-likeness (QED) is 0.681. The number of ether oxygens (including phenoxy) is 1. The molecule has 0 radical (unpaired) electrons. The molecule has 1 saturated carbocycles. The molecule has 1 aliphatic carbocycles. The zero-order chi connectivity index (χ0) is 21.9. The summed E-state index contributed by atoms with van der Waals surface area (Å²) in [7, 11) is -0.330. The molecule has 164 valence electrons. The highest BCUT2D eigenvalue weighted by molar-refractivity contribution is 6.62. The Morgan fingerprint density at radius 1 is 1.03 bits per heavy atom. The van der Waals surface area contributed by atoms with Gasteiger partial charge < -0.3 is 18.9 Å². The molecule has 30 heavy (non-hydrogen) atoms. The van der Waals surface area contributed by atoms with Crippen molar-refractivity contribution in [1.82, 2.24) is 4.90 Å². The number of nitrogens with zero attached hydrogens (tertiary/aromatic N) is 1. The number of hydrogen-bond donors (Lipinski definition) is 0. The van der Waals surface area contributed by atoms with E-state index in [0.29, 0.717) is 11.8 Å². The third-order valence-electron chi connectivity index (χ3n) is 6.93. The lowest BCUT2D eigenvalue weighted by Crippen LogP contribution is -2.41. The van der Waals surface area contributed by atoms with E-state index in [9.17, 15) is 4.79 Å². The summed E-state index contributed by atoms with van der Waals surface area (Å²) in [6.07, 6.45) is 3.26. The molecule has 4 rings (SSSR count). The van der Waals surface area contributed by atoms with Crippen molar-refractivity contribution in [2.45, 2.75) is 96.4 Å². The number of benzene rings is 1. The number of carbonyl (C=O) groups excluding carboxylic acids is 1. The van der Waals surface area contributed by atoms with Crippen LogP contribution in [0.25, 0.3) is 0 Å². The summed E-state index contributed by atoms with van der Waals surface area (Å²) in [5, 5.41) is 0. The Bertz CT molecular complexity index is 809. The van der Waals surface area contributed by atoms with Gasteiger partial charge in [0.1, 0.15) is 5.60 Å². The number of amides is 1. The van der Waals surface area contributed by atoms with Crippen molar-refractivity contribution in [3.8, 4) is 0 Å². The molecule has 1 aromatic carbocycles. The predicted octanol–water partition coefficient (Wildman–Crippen LogP) is 4.59. The Hall–Kier alpha value is -1.53. The average Bonchev–Trinajstić information content (AvgIpc) is 3.29. The van der Waals surface area contributed by atoms with Crippen LogP contribution >= 0.6 is 0 Å². The standard InChI is InChI=1S/C24H36BNO4/c1-22(2,3)28-21(27)26-13-12-17(15-26)19-11-10-18(14-20(19)16-8-9-16)25-29-23(4,5)24(6,7)30-25/h10-11,14,16-17H,8-9,12-13,15H2,1-7H3. The first-order valence-electron chi connectivity index (χ1n) is 11.3. The molecule has 5 nitrogen and oxygen atoms in total. The smallest absolute Gasteiger partial charge is 0.444 e. The first-order chi connectivity index (χ1) is 13.9. The first kappa shape index (κ1) is 21.7. The minimum Gasteiger partial charge on any atom is -0.444 e. The fourth-order valence-corrected chi connectivity index (χ4v) is 4.35. The average molecular weight is 413 g/mol. The van der Waals surface area contributed by atoms with E-state index < -0.39 is 5.60 Å². The van der Waals surface area contributed by atoms with Crippen LogP contribution in [-0.4, -0.2) is 48.0 Å². The SMILES string of the molecule is CC(C)(C)OC(=O)N1CCC(c2ccc(B3OC(C)(C)C(C)(C)O3)cc2C2CC2)C1. The van der Waals surface area contributed by atoms with E-state index in [1.54, 1.807) is 0 Å². The van der Waals surface area contributed by atoms with E-state index >= 15 is 0 Å². The molecule has 2 aliphatic heterocycles. The van der Waals surface area contributed by atoms with Crippen LogP contribution in [0.5, 0.6) is 0 Å². The largest absolute Gasteiger partial charge is 0.494 e. The summed E-state index contributed by atoms with van der Waals surface area (Å²) >= 11 is 0. The van der Waals surface area contributed by atoms with Gasteiger partial charge >= 0.3 is 13.2 Å². The summed E-state index contributed by atoms with van der Waals surface area (Å²) in [6, 6.07) is 6.70. The van der Waals surface area contributed by atoms with Gasteiger partial charge in [0.15, 0.2) is 0 Å². The van der Waals surface area contributed by atoms with Crippen LogP contribution in [0.1, 0.15) is 90.7 Å². The lowest BCUT2D eigenvalue weighted by molar-refractivity contribution is 0.00578. The van der Waals surface area contributed by atoms with Gasteiger partial charge in [-0.15, -0.1) is 0 Å². The second kappa shape index (κ2) is 7.27. The number of rotatable bonds is 3. The van der Waals surface area contributed by atoms with Gasteiger partial charge in [-0.05, 0) is 90.2 Å². The molecule has 3 aliphatic rings. The van der Waals surface area contributed by atoms with Crippen molar-refractivity contribution in [3.05, 3.63) is 29.3 Å². The lowest BCUT2D eigenvalue weighted by Gasteiger charge is -2.32. The Morgan fingerprint density at radius 3 is 2.23 bits per heavy atom. The van der Waals surface area contributed by atoms with E-state index in [1.807, 2.05) is 25.7 Å². The summed E-state index contributed by atoms with van der Waals surface area (Å²) < 4.78 is 18.1. The summed E-state index contributed by atoms with van der Waals surface area (Å²) in [5.74, 6) is 0.985. The molecule has 1 amide bonds. The molecule has 3 fully saturated rings. The predicted molar refractivity (Wildman–Crippen MR) is 119 cm³/mol. The normalized spacial score (nSPS) is 25.6. The first-order valence-corrected chi connectivity index (χ1v) is 11.3. The van der Waals surface area contributed by atoms with Gasteiger partial charge in [-0.1, -0.05) is 18.2 Å². The van der Waals surface area contributed by atoms with Crippen molar-refractivity contribution < 1.29 is 18.8 Å². The van der Waals surface area contributed by atoms with Crippen LogP contribution in [0.3, 0.4) is 0 Å². The van der Waals surface area contributed by atoms with Gasteiger partial charge in [0.05, 0.1) is 11.2 Å². The van der Waals surface area contributed by atoms with Crippen molar-refractivity contribution in [2.24, 2.45) is 0 Å². The second-order valence-corrected chi connectivity index (χ2v) is 11.2. The summed E-state index contributed by atoms with van der Waals surface area (Å²) in [4.78, 5) is 14.3. The third kappa shape index (κ3) is 4.26. The van der Waals surface area contributed by atoms with Gasteiger partial charge in [-0.2, -0.15) is 0 Å². The van der Waals surface area contributed by atoms with Crippen LogP contribution in [0.2, 0.25) is 0 Å². The molecule has 2 saturated heterocycles. The molecule has 0 N–H and O–H groups in total. The van der Waals surface area contributed by atoms with E-state index in [4.69, 9.17) is 14.0 Å². The molecule has 0 aromatic heterocycles. The fourth-order valence-electron chi connectivity index (χ4n) is 4.35. The summed E-state index contributed by atoms with van der Waals surface area (Å²) in [5.41, 5.74) is 2.76. The van der Waals surface area contributed by atoms with Crippen LogP contribution in [0, 0.1) is 0 Å². The fraction of sp³-hybridized carbons (Fsp3) is 0.708. The van der Waals surface area contributed by atoms with E-state index in [-0.39, 0.29) is 24.4 Å². The van der Waals surface area contributed by atoms with Crippen molar-refractivity contribution in [3.63, 3.8) is 0 Å².